The Morgan fingerprint density at radius 1 is 1.47 bits per heavy atom. The highest BCUT2D eigenvalue weighted by atomic mass is 16.5. The lowest BCUT2D eigenvalue weighted by molar-refractivity contribution is -0.641. The Morgan fingerprint density at radius 2 is 2.26 bits per heavy atom. The molecule has 0 saturated heterocycles. The first-order valence-corrected chi connectivity index (χ1v) is 5.57. The maximum atomic E-state index is 11.6. The fourth-order valence-corrected chi connectivity index (χ4v) is 1.60. The van der Waals surface area contributed by atoms with Crippen LogP contribution < -0.4 is 15.3 Å². The molecule has 1 unspecified atom stereocenters. The van der Waals surface area contributed by atoms with E-state index >= 15 is 0 Å². The van der Waals surface area contributed by atoms with E-state index in [0.29, 0.717) is 16.1 Å². The third-order valence-corrected chi connectivity index (χ3v) is 2.39. The molecule has 0 fully saturated rings. The minimum absolute atomic E-state index is 0.0235. The van der Waals surface area contributed by atoms with Crippen molar-refractivity contribution in [3.05, 3.63) is 23.4 Å². The summed E-state index contributed by atoms with van der Waals surface area (Å²) in [5.41, 5.74) is 5.97. The van der Waals surface area contributed by atoms with Crippen molar-refractivity contribution >= 4 is 17.0 Å². The largest absolute Gasteiger partial charge is 0.594 e. The van der Waals surface area contributed by atoms with Crippen molar-refractivity contribution in [1.82, 2.24) is 10.1 Å². The van der Waals surface area contributed by atoms with E-state index < -0.39 is 6.10 Å². The summed E-state index contributed by atoms with van der Waals surface area (Å²) in [6.07, 6.45) is -0.765. The summed E-state index contributed by atoms with van der Waals surface area (Å²) >= 11 is 0. The SMILES string of the molecule is COCC(O)COc1cccc2c1nc(N)n[n+]2[O-]. The van der Waals surface area contributed by atoms with Crippen molar-refractivity contribution in [1.29, 1.82) is 0 Å². The van der Waals surface area contributed by atoms with Crippen molar-refractivity contribution in [2.45, 2.75) is 6.10 Å². The first kappa shape index (κ1) is 13.2. The van der Waals surface area contributed by atoms with E-state index in [-0.39, 0.29) is 24.7 Å². The Bertz CT molecular complexity index is 578. The van der Waals surface area contributed by atoms with Crippen molar-refractivity contribution in [2.24, 2.45) is 0 Å². The first-order chi connectivity index (χ1) is 9.11. The van der Waals surface area contributed by atoms with Gasteiger partial charge in [0.05, 0.1) is 11.7 Å². The van der Waals surface area contributed by atoms with Crippen molar-refractivity contribution in [2.75, 3.05) is 26.1 Å². The van der Waals surface area contributed by atoms with Gasteiger partial charge < -0.3 is 25.5 Å². The Morgan fingerprint density at radius 3 is 3.00 bits per heavy atom. The normalized spacial score (nSPS) is 12.5. The number of benzene rings is 1. The van der Waals surface area contributed by atoms with Crippen LogP contribution in [0.3, 0.4) is 0 Å². The molecular formula is C11H14N4O4. The number of nitrogens with zero attached hydrogens (tertiary/aromatic N) is 3. The smallest absolute Gasteiger partial charge is 0.288 e. The molecule has 0 aliphatic rings. The van der Waals surface area contributed by atoms with Gasteiger partial charge in [-0.25, -0.2) is 0 Å². The van der Waals surface area contributed by atoms with Crippen LogP contribution in [0.1, 0.15) is 0 Å². The number of aliphatic hydroxyl groups is 1. The zero-order chi connectivity index (χ0) is 13.8. The fraction of sp³-hybridized carbons (Fsp3) is 0.364. The molecule has 8 heteroatoms. The zero-order valence-electron chi connectivity index (χ0n) is 10.3. The van der Waals surface area contributed by atoms with Crippen molar-refractivity contribution in [3.63, 3.8) is 0 Å². The van der Waals surface area contributed by atoms with Gasteiger partial charge in [0.25, 0.3) is 11.5 Å². The summed E-state index contributed by atoms with van der Waals surface area (Å²) in [5.74, 6) is 0.211. The summed E-state index contributed by atoms with van der Waals surface area (Å²) < 4.78 is 10.2. The number of aliphatic hydroxyl groups excluding tert-OH is 1. The van der Waals surface area contributed by atoms with Gasteiger partial charge in [-0.2, -0.15) is 4.98 Å². The molecule has 0 radical (unpaired) electrons. The summed E-state index contributed by atoms with van der Waals surface area (Å²) in [5, 5.41) is 24.5. The highest BCUT2D eigenvalue weighted by Gasteiger charge is 2.14. The van der Waals surface area contributed by atoms with E-state index in [1.54, 1.807) is 18.2 Å². The van der Waals surface area contributed by atoms with Crippen LogP contribution in [0.15, 0.2) is 18.2 Å². The van der Waals surface area contributed by atoms with Crippen LogP contribution in [0.5, 0.6) is 5.75 Å². The predicted molar refractivity (Wildman–Crippen MR) is 66.3 cm³/mol. The fourth-order valence-electron chi connectivity index (χ4n) is 1.60. The van der Waals surface area contributed by atoms with Crippen LogP contribution in [0.2, 0.25) is 0 Å². The maximum absolute atomic E-state index is 11.6. The topological polar surface area (TPSA) is 117 Å². The van der Waals surface area contributed by atoms with E-state index in [1.807, 2.05) is 0 Å². The Labute approximate surface area is 109 Å². The van der Waals surface area contributed by atoms with Crippen LogP contribution in [0, 0.1) is 5.21 Å². The molecule has 2 rings (SSSR count). The lowest BCUT2D eigenvalue weighted by Gasteiger charge is -2.12. The van der Waals surface area contributed by atoms with E-state index in [2.05, 4.69) is 10.1 Å². The molecule has 1 atom stereocenters. The standard InChI is InChI=1S/C11H14N4O4/c1-18-5-7(16)6-19-9-4-2-3-8-10(9)13-11(12)14-15(8)17/h2-4,7,16H,5-6H2,1H3,(H2,12,13,14). The van der Waals surface area contributed by atoms with Crippen LogP contribution in [-0.2, 0) is 4.74 Å². The van der Waals surface area contributed by atoms with Crippen LogP contribution in [-0.4, -0.2) is 41.6 Å². The number of hydrogen-bond donors (Lipinski definition) is 2. The molecule has 1 aromatic heterocycles. The Hall–Kier alpha value is -2.19. The molecule has 1 heterocycles. The number of fused-ring (bicyclic) bond motifs is 1. The summed E-state index contributed by atoms with van der Waals surface area (Å²) in [6, 6.07) is 4.82. The molecule has 0 saturated carbocycles. The molecule has 19 heavy (non-hydrogen) atoms. The minimum atomic E-state index is -0.765. The highest BCUT2D eigenvalue weighted by molar-refractivity contribution is 5.78. The molecule has 1 aromatic carbocycles. The molecule has 0 bridgehead atoms. The number of hydrogen-bond acceptors (Lipinski definition) is 7. The molecule has 2 aromatic rings. The number of nitrogens with two attached hydrogens (primary N) is 1. The summed E-state index contributed by atoms with van der Waals surface area (Å²) in [7, 11) is 1.48. The predicted octanol–water partition coefficient (Wildman–Crippen LogP) is -0.768. The van der Waals surface area contributed by atoms with Gasteiger partial charge >= 0.3 is 0 Å². The average Bonchev–Trinajstić information content (AvgIpc) is 2.36. The van der Waals surface area contributed by atoms with Gasteiger partial charge in [-0.15, -0.1) is 0 Å². The number of aromatic nitrogens is 3. The van der Waals surface area contributed by atoms with Gasteiger partial charge in [0.15, 0.2) is 11.3 Å². The quantitative estimate of drug-likeness (QED) is 0.539. The molecule has 0 amide bonds. The molecule has 3 N–H and O–H groups in total. The third kappa shape index (κ3) is 2.98. The third-order valence-electron chi connectivity index (χ3n) is 2.39. The summed E-state index contributed by atoms with van der Waals surface area (Å²) in [4.78, 5) is 4.35. The average molecular weight is 266 g/mol. The molecule has 0 spiro atoms. The minimum Gasteiger partial charge on any atom is -0.594 e. The van der Waals surface area contributed by atoms with Crippen LogP contribution in [0.25, 0.3) is 11.0 Å². The van der Waals surface area contributed by atoms with E-state index in [0.717, 1.165) is 0 Å². The number of para-hydroxylation sites is 1. The second-order valence-corrected chi connectivity index (χ2v) is 3.89. The van der Waals surface area contributed by atoms with Crippen LogP contribution in [0.4, 0.5) is 5.95 Å². The molecular weight excluding hydrogens is 252 g/mol. The number of anilines is 1. The van der Waals surface area contributed by atoms with Crippen LogP contribution >= 0.6 is 0 Å². The number of ether oxygens (including phenoxy) is 2. The van der Waals surface area contributed by atoms with Gasteiger partial charge in [-0.3, -0.25) is 0 Å². The van der Waals surface area contributed by atoms with E-state index in [1.165, 1.54) is 7.11 Å². The number of nitrogen functional groups attached to an aromatic ring is 1. The lowest BCUT2D eigenvalue weighted by atomic mass is 10.3. The van der Waals surface area contributed by atoms with Crippen molar-refractivity contribution in [3.8, 4) is 5.75 Å². The number of rotatable bonds is 5. The highest BCUT2D eigenvalue weighted by Crippen LogP contribution is 2.21. The second-order valence-electron chi connectivity index (χ2n) is 3.89. The maximum Gasteiger partial charge on any atom is 0.288 e. The monoisotopic (exact) mass is 266 g/mol. The van der Waals surface area contributed by atoms with E-state index in [4.69, 9.17) is 15.2 Å². The van der Waals surface area contributed by atoms with Gasteiger partial charge in [-0.05, 0) is 10.9 Å². The lowest BCUT2D eigenvalue weighted by Crippen LogP contribution is -2.33. The number of methoxy groups -OCH3 is 1. The molecule has 0 aliphatic heterocycles. The Balaban J connectivity index is 2.28. The van der Waals surface area contributed by atoms with Gasteiger partial charge in [0.1, 0.15) is 12.7 Å². The molecule has 8 nitrogen and oxygen atoms in total. The zero-order valence-corrected chi connectivity index (χ0v) is 10.3. The second kappa shape index (κ2) is 5.63. The first-order valence-electron chi connectivity index (χ1n) is 5.57. The molecule has 0 aliphatic carbocycles. The summed E-state index contributed by atoms with van der Waals surface area (Å²) in [6.45, 7) is 0.180. The molecule has 102 valence electrons. The van der Waals surface area contributed by atoms with Gasteiger partial charge in [0.2, 0.25) is 0 Å². The van der Waals surface area contributed by atoms with Gasteiger partial charge in [-0.1, -0.05) is 6.07 Å². The van der Waals surface area contributed by atoms with Gasteiger partial charge in [0, 0.05) is 13.2 Å². The Kier molecular flexibility index (Phi) is 3.93. The van der Waals surface area contributed by atoms with Crippen molar-refractivity contribution < 1.29 is 19.4 Å². The van der Waals surface area contributed by atoms with E-state index in [9.17, 15) is 10.3 Å².